The average Bonchev–Trinajstić information content (AvgIpc) is 3.36. The Kier molecular flexibility index (Phi) is 6.62. The van der Waals surface area contributed by atoms with Crippen LogP contribution in [0.1, 0.15) is 45.9 Å². The monoisotopic (exact) mass is 584 g/mol. The first-order valence-electron chi connectivity index (χ1n) is 11.7. The SMILES string of the molecule is Cc1cc(N2C(=S)N[C@@H](c3ccccn3)[C@H]2c2cc(C)n(-c3cccc(C(F)(F)F)c3)c2C)ccc1Br. The third-order valence-electron chi connectivity index (χ3n) is 6.74. The van der Waals surface area contributed by atoms with Crippen LogP contribution in [0.2, 0.25) is 0 Å². The lowest BCUT2D eigenvalue weighted by molar-refractivity contribution is -0.137. The Hall–Kier alpha value is -3.17. The van der Waals surface area contributed by atoms with Crippen molar-refractivity contribution in [2.24, 2.45) is 0 Å². The summed E-state index contributed by atoms with van der Waals surface area (Å²) >= 11 is 9.40. The van der Waals surface area contributed by atoms with Gasteiger partial charge in [-0.2, -0.15) is 13.2 Å². The van der Waals surface area contributed by atoms with Crippen molar-refractivity contribution in [1.29, 1.82) is 0 Å². The summed E-state index contributed by atoms with van der Waals surface area (Å²) in [6, 6.07) is 18.7. The van der Waals surface area contributed by atoms with E-state index in [9.17, 15) is 13.2 Å². The van der Waals surface area contributed by atoms with Crippen molar-refractivity contribution in [2.75, 3.05) is 4.90 Å². The second kappa shape index (κ2) is 9.61. The number of alkyl halides is 3. The van der Waals surface area contributed by atoms with E-state index >= 15 is 0 Å². The van der Waals surface area contributed by atoms with E-state index in [1.165, 1.54) is 12.1 Å². The maximum atomic E-state index is 13.5. The predicted octanol–water partition coefficient (Wildman–Crippen LogP) is 7.76. The van der Waals surface area contributed by atoms with E-state index in [1.807, 2.05) is 61.7 Å². The zero-order chi connectivity index (χ0) is 26.5. The fraction of sp³-hybridized carbons (Fsp3) is 0.214. The van der Waals surface area contributed by atoms with Crippen LogP contribution in [0.5, 0.6) is 0 Å². The summed E-state index contributed by atoms with van der Waals surface area (Å²) in [5, 5.41) is 4.01. The highest BCUT2D eigenvalue weighted by molar-refractivity contribution is 9.10. The first-order chi connectivity index (χ1) is 17.6. The summed E-state index contributed by atoms with van der Waals surface area (Å²) in [5.41, 5.74) is 5.23. The topological polar surface area (TPSA) is 33.1 Å². The number of anilines is 1. The van der Waals surface area contributed by atoms with Gasteiger partial charge in [0.25, 0.3) is 0 Å². The van der Waals surface area contributed by atoms with Crippen molar-refractivity contribution in [3.63, 3.8) is 0 Å². The number of halogens is 4. The van der Waals surface area contributed by atoms with Crippen LogP contribution in [-0.2, 0) is 6.18 Å². The van der Waals surface area contributed by atoms with Gasteiger partial charge in [-0.05, 0) is 98.7 Å². The van der Waals surface area contributed by atoms with Crippen molar-refractivity contribution in [2.45, 2.75) is 39.0 Å². The molecular weight excluding hydrogens is 561 g/mol. The molecule has 3 heterocycles. The van der Waals surface area contributed by atoms with E-state index in [0.717, 1.165) is 44.4 Å². The molecule has 1 saturated heterocycles. The number of pyridine rings is 1. The number of thiocarbonyl (C=S) groups is 1. The third kappa shape index (κ3) is 4.66. The fourth-order valence-corrected chi connectivity index (χ4v) is 5.63. The van der Waals surface area contributed by atoms with E-state index in [-0.39, 0.29) is 12.1 Å². The Bertz CT molecular complexity index is 1480. The van der Waals surface area contributed by atoms with Crippen molar-refractivity contribution in [3.8, 4) is 5.69 Å². The van der Waals surface area contributed by atoms with Gasteiger partial charge in [0.05, 0.1) is 23.3 Å². The van der Waals surface area contributed by atoms with Gasteiger partial charge in [0, 0.05) is 33.4 Å². The van der Waals surface area contributed by atoms with Crippen LogP contribution in [-0.4, -0.2) is 14.7 Å². The highest BCUT2D eigenvalue weighted by Crippen LogP contribution is 2.44. The molecule has 1 aliphatic rings. The Labute approximate surface area is 227 Å². The Morgan fingerprint density at radius 1 is 0.946 bits per heavy atom. The van der Waals surface area contributed by atoms with E-state index in [0.29, 0.717) is 10.8 Å². The molecule has 4 nitrogen and oxygen atoms in total. The first-order valence-corrected chi connectivity index (χ1v) is 12.9. The maximum absolute atomic E-state index is 13.5. The molecule has 0 amide bonds. The van der Waals surface area contributed by atoms with E-state index in [2.05, 4.69) is 37.2 Å². The summed E-state index contributed by atoms with van der Waals surface area (Å²) in [6.45, 7) is 5.86. The summed E-state index contributed by atoms with van der Waals surface area (Å²) < 4.78 is 43.3. The lowest BCUT2D eigenvalue weighted by atomic mass is 9.96. The number of hydrogen-bond acceptors (Lipinski definition) is 2. The van der Waals surface area contributed by atoms with Crippen molar-refractivity contribution < 1.29 is 13.2 Å². The Balaban J connectivity index is 1.68. The predicted molar refractivity (Wildman–Crippen MR) is 147 cm³/mol. The number of nitrogens with one attached hydrogen (secondary N) is 1. The summed E-state index contributed by atoms with van der Waals surface area (Å²) in [7, 11) is 0. The van der Waals surface area contributed by atoms with Crippen molar-refractivity contribution in [3.05, 3.63) is 111 Å². The number of benzene rings is 2. The molecule has 9 heteroatoms. The highest BCUT2D eigenvalue weighted by atomic mass is 79.9. The van der Waals surface area contributed by atoms with Crippen LogP contribution in [0.25, 0.3) is 5.69 Å². The Morgan fingerprint density at radius 3 is 2.41 bits per heavy atom. The quantitative estimate of drug-likeness (QED) is 0.248. The molecule has 1 aliphatic heterocycles. The molecule has 5 rings (SSSR count). The molecule has 0 unspecified atom stereocenters. The maximum Gasteiger partial charge on any atom is 0.416 e. The average molecular weight is 585 g/mol. The molecule has 2 atom stereocenters. The zero-order valence-corrected chi connectivity index (χ0v) is 22.7. The molecule has 190 valence electrons. The van der Waals surface area contributed by atoms with Crippen molar-refractivity contribution >= 4 is 38.9 Å². The molecular formula is C28H24BrF3N4S. The second-order valence-corrected chi connectivity index (χ2v) is 10.4. The number of aromatic nitrogens is 2. The van der Waals surface area contributed by atoms with Gasteiger partial charge in [0.2, 0.25) is 0 Å². The Morgan fingerprint density at radius 2 is 1.73 bits per heavy atom. The third-order valence-corrected chi connectivity index (χ3v) is 7.94. The van der Waals surface area contributed by atoms with Gasteiger partial charge in [0.15, 0.2) is 5.11 Å². The molecule has 0 saturated carbocycles. The number of nitrogens with zero attached hydrogens (tertiary/aromatic N) is 3. The normalized spacial score (nSPS) is 17.8. The van der Waals surface area contributed by atoms with Crippen LogP contribution >= 0.6 is 28.1 Å². The molecule has 37 heavy (non-hydrogen) atoms. The minimum absolute atomic E-state index is 0.256. The molecule has 0 radical (unpaired) electrons. The lowest BCUT2D eigenvalue weighted by Gasteiger charge is -2.28. The molecule has 0 bridgehead atoms. The van der Waals surface area contributed by atoms with Crippen molar-refractivity contribution in [1.82, 2.24) is 14.9 Å². The first kappa shape index (κ1) is 25.5. The van der Waals surface area contributed by atoms with Gasteiger partial charge in [0.1, 0.15) is 0 Å². The van der Waals surface area contributed by atoms with Crippen LogP contribution in [0.4, 0.5) is 18.9 Å². The van der Waals surface area contributed by atoms with Crippen LogP contribution in [0, 0.1) is 20.8 Å². The highest BCUT2D eigenvalue weighted by Gasteiger charge is 2.42. The largest absolute Gasteiger partial charge is 0.416 e. The molecule has 2 aromatic heterocycles. The number of aryl methyl sites for hydroxylation is 2. The van der Waals surface area contributed by atoms with E-state index < -0.39 is 11.7 Å². The van der Waals surface area contributed by atoms with Crippen LogP contribution < -0.4 is 10.2 Å². The molecule has 2 aromatic carbocycles. The van der Waals surface area contributed by atoms with Gasteiger partial charge in [-0.3, -0.25) is 4.98 Å². The molecule has 4 aromatic rings. The smallest absolute Gasteiger partial charge is 0.351 e. The van der Waals surface area contributed by atoms with Gasteiger partial charge in [-0.1, -0.05) is 28.1 Å². The standard InChI is InChI=1S/C28H24BrF3N4S/c1-16-13-21(10-11-23(16)29)36-26(25(34-27(36)37)24-9-4-5-12-33-24)22-14-17(2)35(18(22)3)20-8-6-7-19(15-20)28(30,31)32/h4-15,25-26H,1-3H3,(H,34,37)/t25-,26+/m0/s1. The van der Waals surface area contributed by atoms with Crippen LogP contribution in [0.3, 0.4) is 0 Å². The number of hydrogen-bond donors (Lipinski definition) is 1. The minimum atomic E-state index is -4.42. The second-order valence-electron chi connectivity index (χ2n) is 9.14. The molecule has 0 spiro atoms. The lowest BCUT2D eigenvalue weighted by Crippen LogP contribution is -2.29. The molecule has 1 N–H and O–H groups in total. The summed E-state index contributed by atoms with van der Waals surface area (Å²) in [5.74, 6) is 0. The van der Waals surface area contributed by atoms with Gasteiger partial charge < -0.3 is 14.8 Å². The molecule has 1 fully saturated rings. The minimum Gasteiger partial charge on any atom is -0.351 e. The number of rotatable bonds is 4. The van der Waals surface area contributed by atoms with Crippen LogP contribution in [0.15, 0.2) is 77.4 Å². The van der Waals surface area contributed by atoms with Gasteiger partial charge in [-0.15, -0.1) is 0 Å². The fourth-order valence-electron chi connectivity index (χ4n) is 5.03. The van der Waals surface area contributed by atoms with Gasteiger partial charge in [-0.25, -0.2) is 0 Å². The summed E-state index contributed by atoms with van der Waals surface area (Å²) in [4.78, 5) is 6.67. The van der Waals surface area contributed by atoms with E-state index in [1.54, 1.807) is 12.3 Å². The summed E-state index contributed by atoms with van der Waals surface area (Å²) in [6.07, 6.45) is -2.68. The zero-order valence-electron chi connectivity index (χ0n) is 20.3. The molecule has 0 aliphatic carbocycles. The van der Waals surface area contributed by atoms with E-state index in [4.69, 9.17) is 12.2 Å². The van der Waals surface area contributed by atoms with Gasteiger partial charge >= 0.3 is 6.18 Å².